The Hall–Kier alpha value is -3.21. The van der Waals surface area contributed by atoms with E-state index in [1.54, 1.807) is 13.2 Å². The van der Waals surface area contributed by atoms with Crippen LogP contribution in [0.2, 0.25) is 0 Å². The lowest BCUT2D eigenvalue weighted by Gasteiger charge is -2.24. The average Bonchev–Trinajstić information content (AvgIpc) is 3.30. The summed E-state index contributed by atoms with van der Waals surface area (Å²) < 4.78 is 11.4. The van der Waals surface area contributed by atoms with Crippen molar-refractivity contribution in [1.82, 2.24) is 5.32 Å². The predicted molar refractivity (Wildman–Crippen MR) is 134 cm³/mol. The zero-order valence-corrected chi connectivity index (χ0v) is 20.5. The van der Waals surface area contributed by atoms with Gasteiger partial charge >= 0.3 is 0 Å². The number of carbonyl (C=O) groups excluding carboxylic acids is 1. The number of para-hydroxylation sites is 1. The second-order valence-corrected chi connectivity index (χ2v) is 9.07. The summed E-state index contributed by atoms with van der Waals surface area (Å²) in [6.07, 6.45) is 2.47. The van der Waals surface area contributed by atoms with E-state index in [4.69, 9.17) is 9.15 Å². The molecule has 1 amide bonds. The third kappa shape index (κ3) is 6.41. The molecule has 5 nitrogen and oxygen atoms in total. The van der Waals surface area contributed by atoms with Gasteiger partial charge in [-0.25, -0.2) is 0 Å². The number of rotatable bonds is 11. The van der Waals surface area contributed by atoms with Gasteiger partial charge in [0.15, 0.2) is 5.76 Å². The van der Waals surface area contributed by atoms with Crippen LogP contribution >= 0.6 is 0 Å². The van der Waals surface area contributed by atoms with Gasteiger partial charge in [-0.1, -0.05) is 51.1 Å². The van der Waals surface area contributed by atoms with Crippen molar-refractivity contribution in [1.29, 1.82) is 0 Å². The molecule has 3 rings (SSSR count). The Morgan fingerprint density at radius 2 is 1.85 bits per heavy atom. The van der Waals surface area contributed by atoms with Crippen molar-refractivity contribution in [3.63, 3.8) is 0 Å². The molecule has 176 valence electrons. The van der Waals surface area contributed by atoms with Crippen LogP contribution < -0.4 is 15.0 Å². The molecule has 0 fully saturated rings. The zero-order valence-electron chi connectivity index (χ0n) is 20.5. The third-order valence-corrected chi connectivity index (χ3v) is 6.35. The highest BCUT2D eigenvalue weighted by Gasteiger charge is 2.20. The maximum Gasteiger partial charge on any atom is 0.286 e. The van der Waals surface area contributed by atoms with Gasteiger partial charge < -0.3 is 19.4 Å². The molecule has 3 aromatic rings. The Morgan fingerprint density at radius 1 is 1.09 bits per heavy atom. The molecule has 1 N–H and O–H groups in total. The van der Waals surface area contributed by atoms with Crippen molar-refractivity contribution in [2.24, 2.45) is 0 Å². The highest BCUT2D eigenvalue weighted by molar-refractivity contribution is 5.91. The molecule has 0 aliphatic carbocycles. The molecule has 0 bridgehead atoms. The van der Waals surface area contributed by atoms with Crippen LogP contribution in [0.1, 0.15) is 61.1 Å². The molecule has 0 aliphatic heterocycles. The number of nitrogens with one attached hydrogen (secondary N) is 1. The number of hydrogen-bond donors (Lipinski definition) is 1. The molecule has 5 heteroatoms. The second kappa shape index (κ2) is 11.1. The molecular weight excluding hydrogens is 412 g/mol. The van der Waals surface area contributed by atoms with Gasteiger partial charge in [0.2, 0.25) is 0 Å². The number of methoxy groups -OCH3 is 1. The minimum absolute atomic E-state index is 0.0871. The molecule has 0 unspecified atom stereocenters. The van der Waals surface area contributed by atoms with Crippen molar-refractivity contribution in [3.8, 4) is 5.75 Å². The lowest BCUT2D eigenvalue weighted by Crippen LogP contribution is -2.27. The van der Waals surface area contributed by atoms with Crippen LogP contribution in [0.3, 0.4) is 0 Å². The number of amides is 1. The van der Waals surface area contributed by atoms with Crippen LogP contribution in [0, 0.1) is 0 Å². The average molecular weight is 449 g/mol. The fraction of sp³-hybridized carbons (Fsp3) is 0.393. The third-order valence-electron chi connectivity index (χ3n) is 6.35. The molecule has 1 heterocycles. The summed E-state index contributed by atoms with van der Waals surface area (Å²) in [6.45, 7) is 8.13. The van der Waals surface area contributed by atoms with Gasteiger partial charge in [0.25, 0.3) is 5.91 Å². The molecule has 1 aromatic heterocycles. The number of ether oxygens (including phenoxy) is 1. The lowest BCUT2D eigenvalue weighted by atomic mass is 9.81. The van der Waals surface area contributed by atoms with Crippen LogP contribution in [-0.2, 0) is 11.8 Å². The summed E-state index contributed by atoms with van der Waals surface area (Å²) in [5.74, 6) is 1.73. The molecule has 0 spiro atoms. The molecule has 0 saturated heterocycles. The van der Waals surface area contributed by atoms with Crippen LogP contribution in [0.25, 0.3) is 0 Å². The fourth-order valence-electron chi connectivity index (χ4n) is 3.74. The minimum atomic E-state index is -0.184. The number of furan rings is 1. The van der Waals surface area contributed by atoms with Crippen molar-refractivity contribution < 1.29 is 13.9 Å². The predicted octanol–water partition coefficient (Wildman–Crippen LogP) is 5.82. The van der Waals surface area contributed by atoms with E-state index in [1.165, 1.54) is 11.3 Å². The molecule has 33 heavy (non-hydrogen) atoms. The quantitative estimate of drug-likeness (QED) is 0.375. The first kappa shape index (κ1) is 24.4. The highest BCUT2D eigenvalue weighted by atomic mass is 16.5. The Balaban J connectivity index is 1.56. The van der Waals surface area contributed by atoms with E-state index in [2.05, 4.69) is 62.3 Å². The molecule has 2 aromatic carbocycles. The first-order valence-corrected chi connectivity index (χ1v) is 11.6. The summed E-state index contributed by atoms with van der Waals surface area (Å²) in [7, 11) is 3.74. The minimum Gasteiger partial charge on any atom is -0.496 e. The van der Waals surface area contributed by atoms with Gasteiger partial charge in [-0.05, 0) is 54.2 Å². The van der Waals surface area contributed by atoms with Crippen LogP contribution in [0.5, 0.6) is 5.75 Å². The van der Waals surface area contributed by atoms with E-state index in [-0.39, 0.29) is 11.3 Å². The number of anilines is 1. The SMILES string of the molecule is CCC(C)(C)c1ccc(OC)c(Cc2ccc(C(=O)NCCCN(C)c3ccccc3)o2)c1. The normalized spacial score (nSPS) is 11.3. The van der Waals surface area contributed by atoms with Crippen molar-refractivity contribution >= 4 is 11.6 Å². The van der Waals surface area contributed by atoms with E-state index in [9.17, 15) is 4.79 Å². The number of carbonyl (C=O) groups is 1. The van der Waals surface area contributed by atoms with Gasteiger partial charge in [-0.3, -0.25) is 4.79 Å². The summed E-state index contributed by atoms with van der Waals surface area (Å²) >= 11 is 0. The zero-order chi connectivity index (χ0) is 23.8. The van der Waals surface area contributed by atoms with Crippen molar-refractivity contribution in [2.45, 2.75) is 45.4 Å². The molecule has 0 atom stereocenters. The van der Waals surface area contributed by atoms with E-state index in [0.717, 1.165) is 36.5 Å². The second-order valence-electron chi connectivity index (χ2n) is 9.07. The molecule has 0 saturated carbocycles. The Bertz CT molecular complexity index is 1040. The summed E-state index contributed by atoms with van der Waals surface area (Å²) in [4.78, 5) is 14.7. The summed E-state index contributed by atoms with van der Waals surface area (Å²) in [6, 6.07) is 20.2. The van der Waals surface area contributed by atoms with Crippen LogP contribution in [0.15, 0.2) is 65.1 Å². The van der Waals surface area contributed by atoms with Crippen LogP contribution in [0.4, 0.5) is 5.69 Å². The van der Waals surface area contributed by atoms with E-state index in [1.807, 2.05) is 30.3 Å². The van der Waals surface area contributed by atoms with E-state index in [0.29, 0.717) is 18.7 Å². The monoisotopic (exact) mass is 448 g/mol. The Kier molecular flexibility index (Phi) is 8.21. The maximum absolute atomic E-state index is 12.5. The fourth-order valence-corrected chi connectivity index (χ4v) is 3.74. The maximum atomic E-state index is 12.5. The topological polar surface area (TPSA) is 54.7 Å². The number of hydrogen-bond acceptors (Lipinski definition) is 4. The van der Waals surface area contributed by atoms with E-state index >= 15 is 0 Å². The van der Waals surface area contributed by atoms with Crippen molar-refractivity contribution in [3.05, 3.63) is 83.3 Å². The standard InChI is InChI=1S/C28H36N2O3/c1-6-28(2,3)22-13-15-25(32-5)21(19-22)20-24-14-16-26(33-24)27(31)29-17-10-18-30(4)23-11-8-7-9-12-23/h7-9,11-16,19H,6,10,17-18,20H2,1-5H3,(H,29,31). The Labute approximate surface area is 197 Å². The Morgan fingerprint density at radius 3 is 2.55 bits per heavy atom. The summed E-state index contributed by atoms with van der Waals surface area (Å²) in [5.41, 5.74) is 3.58. The largest absolute Gasteiger partial charge is 0.496 e. The van der Waals surface area contributed by atoms with Gasteiger partial charge in [0, 0.05) is 37.8 Å². The molecular formula is C28H36N2O3. The molecule has 0 aliphatic rings. The molecule has 0 radical (unpaired) electrons. The van der Waals surface area contributed by atoms with Crippen molar-refractivity contribution in [2.75, 3.05) is 32.1 Å². The van der Waals surface area contributed by atoms with Gasteiger partial charge in [0.1, 0.15) is 11.5 Å². The highest BCUT2D eigenvalue weighted by Crippen LogP contribution is 2.32. The van der Waals surface area contributed by atoms with Gasteiger partial charge in [-0.2, -0.15) is 0 Å². The number of nitrogens with zero attached hydrogens (tertiary/aromatic N) is 1. The summed E-state index contributed by atoms with van der Waals surface area (Å²) in [5, 5.41) is 2.96. The van der Waals surface area contributed by atoms with Gasteiger partial charge in [-0.15, -0.1) is 0 Å². The van der Waals surface area contributed by atoms with E-state index < -0.39 is 0 Å². The van der Waals surface area contributed by atoms with Gasteiger partial charge in [0.05, 0.1) is 7.11 Å². The van der Waals surface area contributed by atoms with Crippen LogP contribution in [-0.4, -0.2) is 33.2 Å². The lowest BCUT2D eigenvalue weighted by molar-refractivity contribution is 0.0924. The first-order chi connectivity index (χ1) is 15.8. The first-order valence-electron chi connectivity index (χ1n) is 11.6. The number of benzene rings is 2. The smallest absolute Gasteiger partial charge is 0.286 e.